The van der Waals surface area contributed by atoms with Gasteiger partial charge in [0.25, 0.3) is 5.91 Å². The first-order valence-corrected chi connectivity index (χ1v) is 8.79. The number of pyridine rings is 1. The predicted octanol–water partition coefficient (Wildman–Crippen LogP) is 2.66. The number of carbonyl (C=O) groups is 2. The summed E-state index contributed by atoms with van der Waals surface area (Å²) in [5, 5.41) is 3.57. The van der Waals surface area contributed by atoms with Gasteiger partial charge in [0.1, 0.15) is 5.03 Å². The van der Waals surface area contributed by atoms with Crippen LogP contribution in [0.2, 0.25) is 0 Å². The van der Waals surface area contributed by atoms with Crippen molar-refractivity contribution in [3.8, 4) is 0 Å². The molecule has 0 aromatic carbocycles. The molecule has 120 valence electrons. The van der Waals surface area contributed by atoms with Crippen LogP contribution < -0.4 is 5.32 Å². The maximum absolute atomic E-state index is 12.0. The Kier molecular flexibility index (Phi) is 6.24. The van der Waals surface area contributed by atoms with Gasteiger partial charge in [-0.15, -0.1) is 11.8 Å². The number of ether oxygens (including phenoxy) is 1. The van der Waals surface area contributed by atoms with E-state index in [0.29, 0.717) is 16.5 Å². The summed E-state index contributed by atoms with van der Waals surface area (Å²) in [6, 6.07) is 3.53. The largest absolute Gasteiger partial charge is 0.452 e. The molecule has 1 aliphatic carbocycles. The van der Waals surface area contributed by atoms with E-state index in [1.807, 2.05) is 6.26 Å². The van der Waals surface area contributed by atoms with Crippen LogP contribution in [0.4, 0.5) is 0 Å². The molecule has 6 heteroatoms. The number of thioether (sulfide) groups is 1. The Bertz CT molecular complexity index is 536. The van der Waals surface area contributed by atoms with Crippen molar-refractivity contribution in [2.24, 2.45) is 5.92 Å². The number of hydrogen-bond donors (Lipinski definition) is 1. The maximum atomic E-state index is 12.0. The molecular formula is C16H22N2O3S. The van der Waals surface area contributed by atoms with Gasteiger partial charge in [-0.2, -0.15) is 0 Å². The lowest BCUT2D eigenvalue weighted by molar-refractivity contribution is -0.125. The fourth-order valence-corrected chi connectivity index (χ4v) is 3.23. The molecule has 1 heterocycles. The topological polar surface area (TPSA) is 68.3 Å². The minimum absolute atomic E-state index is 0.195. The van der Waals surface area contributed by atoms with Crippen molar-refractivity contribution in [2.45, 2.75) is 43.7 Å². The summed E-state index contributed by atoms with van der Waals surface area (Å²) in [6.45, 7) is 1.90. The third-order valence-electron chi connectivity index (χ3n) is 3.98. The molecular weight excluding hydrogens is 300 g/mol. The molecule has 22 heavy (non-hydrogen) atoms. The first kappa shape index (κ1) is 16.8. The van der Waals surface area contributed by atoms with E-state index >= 15 is 0 Å². The van der Waals surface area contributed by atoms with Gasteiger partial charge in [0.2, 0.25) is 0 Å². The molecule has 5 nitrogen and oxygen atoms in total. The Balaban J connectivity index is 1.84. The van der Waals surface area contributed by atoms with Gasteiger partial charge < -0.3 is 10.1 Å². The van der Waals surface area contributed by atoms with Crippen molar-refractivity contribution in [1.29, 1.82) is 0 Å². The lowest BCUT2D eigenvalue weighted by Gasteiger charge is -2.29. The molecule has 0 unspecified atom stereocenters. The van der Waals surface area contributed by atoms with Gasteiger partial charge in [0.15, 0.2) is 6.61 Å². The molecule has 1 aromatic rings. The molecule has 2 atom stereocenters. The number of carbonyl (C=O) groups excluding carboxylic acids is 2. The molecule has 1 saturated carbocycles. The molecule has 1 aromatic heterocycles. The second-order valence-corrected chi connectivity index (χ2v) is 6.37. The molecule has 0 radical (unpaired) electrons. The zero-order chi connectivity index (χ0) is 15.9. The van der Waals surface area contributed by atoms with Crippen molar-refractivity contribution in [3.63, 3.8) is 0 Å². The summed E-state index contributed by atoms with van der Waals surface area (Å²) >= 11 is 1.37. The fraction of sp³-hybridized carbons (Fsp3) is 0.562. The van der Waals surface area contributed by atoms with Crippen molar-refractivity contribution >= 4 is 23.6 Å². The number of rotatable bonds is 5. The maximum Gasteiger partial charge on any atom is 0.341 e. The third kappa shape index (κ3) is 4.47. The average molecular weight is 322 g/mol. The van der Waals surface area contributed by atoms with E-state index in [-0.39, 0.29) is 18.6 Å². The standard InChI is InChI=1S/C16H22N2O3S/c1-11-6-3-4-8-13(11)18-14(19)10-21-16(20)12-7-5-9-17-15(12)22-2/h5,7,9,11,13H,3-4,6,8,10H2,1-2H3,(H,18,19)/t11-,13-/m0/s1. The van der Waals surface area contributed by atoms with Gasteiger partial charge in [-0.25, -0.2) is 9.78 Å². The molecule has 1 amide bonds. The Hall–Kier alpha value is -1.56. The van der Waals surface area contributed by atoms with Crippen molar-refractivity contribution in [1.82, 2.24) is 10.3 Å². The second kappa shape index (κ2) is 8.17. The zero-order valence-corrected chi connectivity index (χ0v) is 13.8. The van der Waals surface area contributed by atoms with Gasteiger partial charge in [-0.1, -0.05) is 19.8 Å². The highest BCUT2D eigenvalue weighted by Gasteiger charge is 2.23. The first-order chi connectivity index (χ1) is 10.6. The number of nitrogens with zero attached hydrogens (tertiary/aromatic N) is 1. The Labute approximate surface area is 135 Å². The lowest BCUT2D eigenvalue weighted by Crippen LogP contribution is -2.42. The van der Waals surface area contributed by atoms with E-state index < -0.39 is 5.97 Å². The Morgan fingerprint density at radius 3 is 2.91 bits per heavy atom. The molecule has 1 fully saturated rings. The lowest BCUT2D eigenvalue weighted by atomic mass is 9.86. The highest BCUT2D eigenvalue weighted by Crippen LogP contribution is 2.23. The van der Waals surface area contributed by atoms with Gasteiger partial charge in [0, 0.05) is 12.2 Å². The monoisotopic (exact) mass is 322 g/mol. The molecule has 0 spiro atoms. The third-order valence-corrected chi connectivity index (χ3v) is 4.69. The van der Waals surface area contributed by atoms with Crippen LogP contribution in [-0.2, 0) is 9.53 Å². The summed E-state index contributed by atoms with van der Waals surface area (Å²) in [5.41, 5.74) is 0.397. The predicted molar refractivity (Wildman–Crippen MR) is 85.9 cm³/mol. The molecule has 2 rings (SSSR count). The number of hydrogen-bond acceptors (Lipinski definition) is 5. The molecule has 1 aliphatic rings. The Morgan fingerprint density at radius 1 is 1.41 bits per heavy atom. The second-order valence-electron chi connectivity index (χ2n) is 5.57. The van der Waals surface area contributed by atoms with Gasteiger partial charge in [-0.3, -0.25) is 4.79 Å². The van der Waals surface area contributed by atoms with Crippen molar-refractivity contribution in [2.75, 3.05) is 12.9 Å². The SMILES string of the molecule is CSc1ncccc1C(=O)OCC(=O)N[C@H]1CCCC[C@@H]1C. The van der Waals surface area contributed by atoms with Crippen LogP contribution in [0, 0.1) is 5.92 Å². The van der Waals surface area contributed by atoms with Crippen LogP contribution in [-0.4, -0.2) is 35.8 Å². The zero-order valence-electron chi connectivity index (χ0n) is 13.0. The van der Waals surface area contributed by atoms with Crippen LogP contribution >= 0.6 is 11.8 Å². The van der Waals surface area contributed by atoms with E-state index in [1.165, 1.54) is 18.2 Å². The molecule has 0 bridgehead atoms. The van der Waals surface area contributed by atoms with E-state index in [4.69, 9.17) is 4.74 Å². The van der Waals surface area contributed by atoms with Crippen molar-refractivity contribution in [3.05, 3.63) is 23.9 Å². The van der Waals surface area contributed by atoms with Gasteiger partial charge in [0.05, 0.1) is 5.56 Å². The Morgan fingerprint density at radius 2 is 2.18 bits per heavy atom. The quantitative estimate of drug-likeness (QED) is 0.667. The molecule has 0 saturated heterocycles. The molecule has 0 aliphatic heterocycles. The smallest absolute Gasteiger partial charge is 0.341 e. The van der Waals surface area contributed by atoms with E-state index in [0.717, 1.165) is 19.3 Å². The first-order valence-electron chi connectivity index (χ1n) is 7.57. The van der Waals surface area contributed by atoms with Gasteiger partial charge in [-0.05, 0) is 37.1 Å². The number of amides is 1. The number of aromatic nitrogens is 1. The average Bonchev–Trinajstić information content (AvgIpc) is 2.54. The van der Waals surface area contributed by atoms with Crippen LogP contribution in [0.1, 0.15) is 43.0 Å². The van der Waals surface area contributed by atoms with Crippen molar-refractivity contribution < 1.29 is 14.3 Å². The summed E-state index contributed by atoms with van der Waals surface area (Å²) in [5.74, 6) is -0.263. The summed E-state index contributed by atoms with van der Waals surface area (Å²) in [4.78, 5) is 28.1. The highest BCUT2D eigenvalue weighted by molar-refractivity contribution is 7.98. The van der Waals surface area contributed by atoms with Crippen LogP contribution in [0.5, 0.6) is 0 Å². The minimum atomic E-state index is -0.510. The highest BCUT2D eigenvalue weighted by atomic mass is 32.2. The minimum Gasteiger partial charge on any atom is -0.452 e. The molecule has 1 N–H and O–H groups in total. The van der Waals surface area contributed by atoms with E-state index in [2.05, 4.69) is 17.2 Å². The number of nitrogens with one attached hydrogen (secondary N) is 1. The fourth-order valence-electron chi connectivity index (χ4n) is 2.70. The van der Waals surface area contributed by atoms with Crippen LogP contribution in [0.3, 0.4) is 0 Å². The van der Waals surface area contributed by atoms with Crippen LogP contribution in [0.25, 0.3) is 0 Å². The van der Waals surface area contributed by atoms with Crippen LogP contribution in [0.15, 0.2) is 23.4 Å². The van der Waals surface area contributed by atoms with Gasteiger partial charge >= 0.3 is 5.97 Å². The normalized spacial score (nSPS) is 21.2. The summed E-state index contributed by atoms with van der Waals surface area (Å²) < 4.78 is 5.10. The van der Waals surface area contributed by atoms with E-state index in [9.17, 15) is 9.59 Å². The summed E-state index contributed by atoms with van der Waals surface area (Å²) in [7, 11) is 0. The van der Waals surface area contributed by atoms with E-state index in [1.54, 1.807) is 18.3 Å². The summed E-state index contributed by atoms with van der Waals surface area (Å²) in [6.07, 6.45) is 7.97. The number of esters is 1.